The first-order chi connectivity index (χ1) is 10.4. The summed E-state index contributed by atoms with van der Waals surface area (Å²) in [6.07, 6.45) is 7.91. The predicted octanol–water partition coefficient (Wildman–Crippen LogP) is 4.33. The van der Waals surface area contributed by atoms with E-state index < -0.39 is 0 Å². The average molecular weight is 302 g/mol. The van der Waals surface area contributed by atoms with Crippen molar-refractivity contribution in [2.45, 2.75) is 64.8 Å². The SMILES string of the molecule is C=C(C)C[C@H]1C[C@H](C)[C@H]2CC[C@](C)([NH2+][CH2-])[C@H]3CCC(=C)[C@@H]1[C@H]23. The van der Waals surface area contributed by atoms with Crippen molar-refractivity contribution in [2.24, 2.45) is 35.5 Å². The van der Waals surface area contributed by atoms with Gasteiger partial charge < -0.3 is 5.32 Å². The normalized spacial score (nSPS) is 47.9. The minimum atomic E-state index is 0.352. The van der Waals surface area contributed by atoms with Crippen LogP contribution in [0, 0.1) is 42.6 Å². The molecule has 7 atom stereocenters. The van der Waals surface area contributed by atoms with Crippen molar-refractivity contribution in [1.82, 2.24) is 0 Å². The zero-order valence-corrected chi connectivity index (χ0v) is 14.9. The van der Waals surface area contributed by atoms with Crippen LogP contribution in [0.1, 0.15) is 59.3 Å². The Kier molecular flexibility index (Phi) is 4.31. The molecule has 2 N–H and O–H groups in total. The Balaban J connectivity index is 1.96. The van der Waals surface area contributed by atoms with Gasteiger partial charge in [0.1, 0.15) is 0 Å². The third-order valence-corrected chi connectivity index (χ3v) is 7.48. The smallest absolute Gasteiger partial charge is 0.0726 e. The van der Waals surface area contributed by atoms with E-state index in [4.69, 9.17) is 0 Å². The first-order valence-electron chi connectivity index (χ1n) is 9.33. The molecule has 0 bridgehead atoms. The van der Waals surface area contributed by atoms with Crippen LogP contribution in [0.25, 0.3) is 0 Å². The quantitative estimate of drug-likeness (QED) is 0.590. The summed E-state index contributed by atoms with van der Waals surface area (Å²) >= 11 is 0. The zero-order valence-electron chi connectivity index (χ0n) is 14.9. The van der Waals surface area contributed by atoms with Crippen molar-refractivity contribution in [1.29, 1.82) is 0 Å². The largest absolute Gasteiger partial charge is 0.474 e. The molecular formula is C21H35N. The Morgan fingerprint density at radius 1 is 1.41 bits per heavy atom. The number of allylic oxidation sites excluding steroid dienone is 2. The Labute approximate surface area is 137 Å². The van der Waals surface area contributed by atoms with Crippen LogP contribution in [0.4, 0.5) is 0 Å². The molecule has 0 heterocycles. The van der Waals surface area contributed by atoms with E-state index in [-0.39, 0.29) is 0 Å². The van der Waals surface area contributed by atoms with Gasteiger partial charge in [0.2, 0.25) is 0 Å². The summed E-state index contributed by atoms with van der Waals surface area (Å²) in [4.78, 5) is 0. The lowest BCUT2D eigenvalue weighted by Gasteiger charge is -2.60. The van der Waals surface area contributed by atoms with Crippen LogP contribution < -0.4 is 5.32 Å². The molecule has 0 spiro atoms. The molecule has 0 amide bonds. The third kappa shape index (κ3) is 2.50. The predicted molar refractivity (Wildman–Crippen MR) is 94.0 cm³/mol. The van der Waals surface area contributed by atoms with E-state index in [1.807, 2.05) is 0 Å². The molecule has 0 unspecified atom stereocenters. The van der Waals surface area contributed by atoms with E-state index in [0.717, 1.165) is 35.5 Å². The van der Waals surface area contributed by atoms with Gasteiger partial charge in [0, 0.05) is 12.3 Å². The van der Waals surface area contributed by atoms with Crippen molar-refractivity contribution in [3.63, 3.8) is 0 Å². The van der Waals surface area contributed by atoms with Crippen molar-refractivity contribution >= 4 is 0 Å². The van der Waals surface area contributed by atoms with Gasteiger partial charge in [-0.05, 0) is 75.5 Å². The van der Waals surface area contributed by atoms with Gasteiger partial charge in [0.25, 0.3) is 0 Å². The summed E-state index contributed by atoms with van der Waals surface area (Å²) in [6.45, 7) is 15.9. The molecule has 0 aliphatic heterocycles. The molecule has 3 saturated carbocycles. The van der Waals surface area contributed by atoms with Crippen LogP contribution in [-0.4, -0.2) is 5.54 Å². The van der Waals surface area contributed by atoms with Gasteiger partial charge in [-0.25, -0.2) is 0 Å². The summed E-state index contributed by atoms with van der Waals surface area (Å²) in [5, 5.41) is 2.28. The highest BCUT2D eigenvalue weighted by molar-refractivity contribution is 5.18. The maximum Gasteiger partial charge on any atom is 0.0726 e. The molecule has 3 aliphatic carbocycles. The molecule has 1 heteroatoms. The van der Waals surface area contributed by atoms with E-state index in [2.05, 4.69) is 46.3 Å². The second-order valence-electron chi connectivity index (χ2n) is 8.95. The van der Waals surface area contributed by atoms with Crippen molar-refractivity contribution in [3.8, 4) is 0 Å². The lowest BCUT2D eigenvalue weighted by Crippen LogP contribution is -2.94. The Morgan fingerprint density at radius 2 is 2.14 bits per heavy atom. The number of rotatable bonds is 3. The summed E-state index contributed by atoms with van der Waals surface area (Å²) in [5.74, 6) is 5.00. The van der Waals surface area contributed by atoms with E-state index in [9.17, 15) is 0 Å². The van der Waals surface area contributed by atoms with E-state index >= 15 is 0 Å². The highest BCUT2D eigenvalue weighted by Crippen LogP contribution is 2.59. The fourth-order valence-electron chi connectivity index (χ4n) is 6.43. The van der Waals surface area contributed by atoms with Gasteiger partial charge in [-0.2, -0.15) is 7.05 Å². The first kappa shape index (κ1) is 16.3. The van der Waals surface area contributed by atoms with Crippen LogP contribution in [0.2, 0.25) is 0 Å². The van der Waals surface area contributed by atoms with Gasteiger partial charge in [0.05, 0.1) is 5.54 Å². The monoisotopic (exact) mass is 301 g/mol. The van der Waals surface area contributed by atoms with Gasteiger partial charge in [-0.1, -0.05) is 24.6 Å². The molecular weight excluding hydrogens is 266 g/mol. The van der Waals surface area contributed by atoms with Gasteiger partial charge in [-0.15, -0.1) is 6.58 Å². The van der Waals surface area contributed by atoms with Crippen molar-refractivity contribution in [2.75, 3.05) is 0 Å². The van der Waals surface area contributed by atoms with E-state index in [1.54, 1.807) is 5.57 Å². The van der Waals surface area contributed by atoms with Gasteiger partial charge >= 0.3 is 0 Å². The van der Waals surface area contributed by atoms with E-state index in [1.165, 1.54) is 44.1 Å². The van der Waals surface area contributed by atoms with Crippen molar-refractivity contribution < 1.29 is 5.32 Å². The summed E-state index contributed by atoms with van der Waals surface area (Å²) < 4.78 is 0. The molecule has 3 fully saturated rings. The zero-order chi connectivity index (χ0) is 16.1. The summed E-state index contributed by atoms with van der Waals surface area (Å²) in [5.41, 5.74) is 3.26. The molecule has 0 aromatic carbocycles. The Hall–Kier alpha value is -0.560. The topological polar surface area (TPSA) is 16.6 Å². The standard InChI is InChI=1S/C21H35N/c1-13(2)11-16-12-15(4)17-9-10-21(5,22-6)18-8-7-14(3)19(16)20(17)18/h15-20H,1,3,6-12,22H2,2,4-5H3/t15-,16-,17+,18-,19-,20+,21-/m0/s1. The van der Waals surface area contributed by atoms with Crippen LogP contribution in [0.15, 0.2) is 24.3 Å². The molecule has 3 aliphatic rings. The molecule has 1 nitrogen and oxygen atoms in total. The second kappa shape index (κ2) is 5.82. The molecule has 0 aromatic heterocycles. The number of quaternary nitrogens is 1. The fourth-order valence-corrected chi connectivity index (χ4v) is 6.43. The molecule has 3 rings (SSSR count). The maximum absolute atomic E-state index is 4.53. The highest BCUT2D eigenvalue weighted by Gasteiger charge is 2.56. The highest BCUT2D eigenvalue weighted by atomic mass is 15.0. The molecule has 0 aromatic rings. The molecule has 0 saturated heterocycles. The molecule has 22 heavy (non-hydrogen) atoms. The number of nitrogens with two attached hydrogens (primary N) is 1. The Morgan fingerprint density at radius 3 is 2.77 bits per heavy atom. The summed E-state index contributed by atoms with van der Waals surface area (Å²) in [6, 6.07) is 0. The lowest BCUT2D eigenvalue weighted by molar-refractivity contribution is -0.688. The van der Waals surface area contributed by atoms with Crippen LogP contribution in [0.5, 0.6) is 0 Å². The second-order valence-corrected chi connectivity index (χ2v) is 8.95. The third-order valence-electron chi connectivity index (χ3n) is 7.48. The van der Waals surface area contributed by atoms with Crippen LogP contribution in [-0.2, 0) is 0 Å². The van der Waals surface area contributed by atoms with Crippen LogP contribution in [0.3, 0.4) is 0 Å². The van der Waals surface area contributed by atoms with Gasteiger partial charge in [0.15, 0.2) is 0 Å². The fraction of sp³-hybridized carbons (Fsp3) is 0.762. The molecule has 124 valence electrons. The average Bonchev–Trinajstić information content (AvgIpc) is 2.45. The first-order valence-corrected chi connectivity index (χ1v) is 9.33. The minimum absolute atomic E-state index is 0.352. The van der Waals surface area contributed by atoms with E-state index in [0.29, 0.717) is 5.54 Å². The van der Waals surface area contributed by atoms with Gasteiger partial charge in [-0.3, -0.25) is 0 Å². The van der Waals surface area contributed by atoms with Crippen molar-refractivity contribution in [3.05, 3.63) is 31.4 Å². The maximum atomic E-state index is 4.53. The number of hydrogen-bond acceptors (Lipinski definition) is 0. The Bertz CT molecular complexity index is 465. The summed E-state index contributed by atoms with van der Waals surface area (Å²) in [7, 11) is 4.21. The minimum Gasteiger partial charge on any atom is -0.474 e. The lowest BCUT2D eigenvalue weighted by atomic mass is 9.46. The van der Waals surface area contributed by atoms with Crippen LogP contribution >= 0.6 is 0 Å². The molecule has 0 radical (unpaired) electrons. The number of hydrogen-bond donors (Lipinski definition) is 1.